The first-order chi connectivity index (χ1) is 14.1. The summed E-state index contributed by atoms with van der Waals surface area (Å²) < 4.78 is 5.35. The minimum absolute atomic E-state index is 0.0904. The summed E-state index contributed by atoms with van der Waals surface area (Å²) in [6.07, 6.45) is 2.31. The molecule has 0 aromatic heterocycles. The van der Waals surface area contributed by atoms with Crippen molar-refractivity contribution in [3.05, 3.63) is 35.4 Å². The summed E-state index contributed by atoms with van der Waals surface area (Å²) in [6, 6.07) is 8.56. The van der Waals surface area contributed by atoms with Crippen molar-refractivity contribution in [3.8, 4) is 0 Å². The Labute approximate surface area is 176 Å². The average molecular weight is 403 g/mol. The molecule has 2 saturated heterocycles. The van der Waals surface area contributed by atoms with Crippen molar-refractivity contribution in [2.45, 2.75) is 39.8 Å². The number of carbonyl (C=O) groups excluding carboxylic acids is 1. The molecule has 2 aliphatic heterocycles. The second-order valence-corrected chi connectivity index (χ2v) is 8.87. The molecule has 0 saturated carbocycles. The Morgan fingerprint density at radius 1 is 1.00 bits per heavy atom. The number of hydrogen-bond acceptors (Lipinski definition) is 4. The fraction of sp³-hybridized carbons (Fsp3) is 0.696. The van der Waals surface area contributed by atoms with Gasteiger partial charge in [-0.25, -0.2) is 4.79 Å². The van der Waals surface area contributed by atoms with Gasteiger partial charge in [-0.2, -0.15) is 0 Å². The van der Waals surface area contributed by atoms with E-state index in [-0.39, 0.29) is 6.03 Å². The standard InChI is InChI=1S/C23H38N4O2/c1-19-14-20(2)17-27(16-19)18-22-6-4-21(5-7-22)15-25-23(28)24-8-3-9-26-10-12-29-13-11-26/h4-7,19-20H,3,8-18H2,1-2H3,(H2,24,25,28). The third kappa shape index (κ3) is 7.96. The number of urea groups is 1. The van der Waals surface area contributed by atoms with Gasteiger partial charge in [0.2, 0.25) is 0 Å². The van der Waals surface area contributed by atoms with Gasteiger partial charge in [0.15, 0.2) is 0 Å². The predicted octanol–water partition coefficient (Wildman–Crippen LogP) is 2.69. The Hall–Kier alpha value is -1.63. The van der Waals surface area contributed by atoms with E-state index in [1.807, 2.05) is 0 Å². The second kappa shape index (κ2) is 11.5. The molecule has 2 heterocycles. The van der Waals surface area contributed by atoms with Gasteiger partial charge >= 0.3 is 6.03 Å². The number of benzene rings is 1. The highest BCUT2D eigenvalue weighted by Crippen LogP contribution is 2.22. The molecule has 0 radical (unpaired) electrons. The number of morpholine rings is 1. The van der Waals surface area contributed by atoms with Crippen LogP contribution in [0, 0.1) is 11.8 Å². The summed E-state index contributed by atoms with van der Waals surface area (Å²) in [5.74, 6) is 1.57. The monoisotopic (exact) mass is 402 g/mol. The largest absolute Gasteiger partial charge is 0.379 e. The van der Waals surface area contributed by atoms with Crippen LogP contribution in [0.15, 0.2) is 24.3 Å². The molecule has 2 atom stereocenters. The molecule has 1 aromatic carbocycles. The highest BCUT2D eigenvalue weighted by Gasteiger charge is 2.21. The van der Waals surface area contributed by atoms with E-state index in [0.29, 0.717) is 13.1 Å². The maximum atomic E-state index is 12.0. The van der Waals surface area contributed by atoms with Gasteiger partial charge in [-0.15, -0.1) is 0 Å². The van der Waals surface area contributed by atoms with Crippen LogP contribution in [0.1, 0.15) is 37.8 Å². The third-order valence-corrected chi connectivity index (χ3v) is 5.87. The zero-order valence-electron chi connectivity index (χ0n) is 18.2. The lowest BCUT2D eigenvalue weighted by Crippen LogP contribution is -2.39. The van der Waals surface area contributed by atoms with Gasteiger partial charge in [0.25, 0.3) is 0 Å². The topological polar surface area (TPSA) is 56.8 Å². The third-order valence-electron chi connectivity index (χ3n) is 5.87. The zero-order chi connectivity index (χ0) is 20.5. The van der Waals surface area contributed by atoms with Crippen LogP contribution in [0.5, 0.6) is 0 Å². The number of carbonyl (C=O) groups is 1. The number of rotatable bonds is 8. The lowest BCUT2D eigenvalue weighted by Gasteiger charge is -2.35. The van der Waals surface area contributed by atoms with Crippen molar-refractivity contribution >= 4 is 6.03 Å². The summed E-state index contributed by atoms with van der Waals surface area (Å²) in [4.78, 5) is 16.9. The number of nitrogens with zero attached hydrogens (tertiary/aromatic N) is 2. The summed E-state index contributed by atoms with van der Waals surface area (Å²) >= 11 is 0. The van der Waals surface area contributed by atoms with Crippen LogP contribution in [0.25, 0.3) is 0 Å². The molecule has 2 fully saturated rings. The summed E-state index contributed by atoms with van der Waals surface area (Å²) in [7, 11) is 0. The van der Waals surface area contributed by atoms with Crippen molar-refractivity contribution in [2.75, 3.05) is 52.5 Å². The molecule has 2 amide bonds. The fourth-order valence-corrected chi connectivity index (χ4v) is 4.52. The lowest BCUT2D eigenvalue weighted by atomic mass is 9.91. The molecule has 2 aliphatic rings. The SMILES string of the molecule is CC1CC(C)CN(Cc2ccc(CNC(=O)NCCCN3CCOCC3)cc2)C1. The Balaban J connectivity index is 1.30. The Bertz CT molecular complexity index is 606. The number of likely N-dealkylation sites (tertiary alicyclic amines) is 1. The van der Waals surface area contributed by atoms with E-state index in [4.69, 9.17) is 4.74 Å². The zero-order valence-corrected chi connectivity index (χ0v) is 18.2. The van der Waals surface area contributed by atoms with E-state index in [1.165, 1.54) is 25.1 Å². The van der Waals surface area contributed by atoms with Gasteiger partial charge in [-0.3, -0.25) is 9.80 Å². The molecule has 3 rings (SSSR count). The van der Waals surface area contributed by atoms with Crippen molar-refractivity contribution in [1.29, 1.82) is 0 Å². The van der Waals surface area contributed by atoms with Gasteiger partial charge in [-0.1, -0.05) is 38.1 Å². The molecule has 1 aromatic rings. The van der Waals surface area contributed by atoms with Crippen LogP contribution in [0.4, 0.5) is 4.79 Å². The van der Waals surface area contributed by atoms with Gasteiger partial charge in [-0.05, 0) is 42.3 Å². The van der Waals surface area contributed by atoms with E-state index < -0.39 is 0 Å². The van der Waals surface area contributed by atoms with Gasteiger partial charge < -0.3 is 15.4 Å². The van der Waals surface area contributed by atoms with Crippen LogP contribution in [0.3, 0.4) is 0 Å². The molecule has 0 spiro atoms. The molecule has 162 valence electrons. The average Bonchev–Trinajstić information content (AvgIpc) is 2.71. The molecule has 0 bridgehead atoms. The molecule has 6 heteroatoms. The van der Waals surface area contributed by atoms with Gasteiger partial charge in [0, 0.05) is 45.8 Å². The lowest BCUT2D eigenvalue weighted by molar-refractivity contribution is 0.0375. The predicted molar refractivity (Wildman–Crippen MR) is 117 cm³/mol. The molecule has 2 N–H and O–H groups in total. The number of amides is 2. The van der Waals surface area contributed by atoms with E-state index in [2.05, 4.69) is 58.5 Å². The first-order valence-electron chi connectivity index (χ1n) is 11.2. The van der Waals surface area contributed by atoms with E-state index in [0.717, 1.165) is 63.2 Å². The number of nitrogens with one attached hydrogen (secondary N) is 2. The number of hydrogen-bond donors (Lipinski definition) is 2. The van der Waals surface area contributed by atoms with Crippen LogP contribution in [-0.4, -0.2) is 68.3 Å². The molecule has 0 aliphatic carbocycles. The van der Waals surface area contributed by atoms with Crippen LogP contribution in [-0.2, 0) is 17.8 Å². The minimum Gasteiger partial charge on any atom is -0.379 e. The maximum Gasteiger partial charge on any atom is 0.315 e. The van der Waals surface area contributed by atoms with Crippen molar-refractivity contribution in [2.24, 2.45) is 11.8 Å². The van der Waals surface area contributed by atoms with Gasteiger partial charge in [0.05, 0.1) is 13.2 Å². The number of piperidine rings is 1. The van der Waals surface area contributed by atoms with E-state index in [1.54, 1.807) is 0 Å². The molecule has 6 nitrogen and oxygen atoms in total. The Morgan fingerprint density at radius 2 is 1.66 bits per heavy atom. The Morgan fingerprint density at radius 3 is 2.34 bits per heavy atom. The highest BCUT2D eigenvalue weighted by atomic mass is 16.5. The number of ether oxygens (including phenoxy) is 1. The van der Waals surface area contributed by atoms with Crippen molar-refractivity contribution < 1.29 is 9.53 Å². The quantitative estimate of drug-likeness (QED) is 0.657. The molecular formula is C23H38N4O2. The fourth-order valence-electron chi connectivity index (χ4n) is 4.52. The van der Waals surface area contributed by atoms with Crippen LogP contribution >= 0.6 is 0 Å². The summed E-state index contributed by atoms with van der Waals surface area (Å²) in [5.41, 5.74) is 2.49. The van der Waals surface area contributed by atoms with Gasteiger partial charge in [0.1, 0.15) is 0 Å². The summed E-state index contributed by atoms with van der Waals surface area (Å²) in [6.45, 7) is 14.0. The summed E-state index contributed by atoms with van der Waals surface area (Å²) in [5, 5.41) is 5.91. The van der Waals surface area contributed by atoms with E-state index in [9.17, 15) is 4.79 Å². The van der Waals surface area contributed by atoms with Crippen molar-refractivity contribution in [1.82, 2.24) is 20.4 Å². The Kier molecular flexibility index (Phi) is 8.77. The second-order valence-electron chi connectivity index (χ2n) is 8.87. The van der Waals surface area contributed by atoms with Crippen LogP contribution in [0.2, 0.25) is 0 Å². The normalized spacial score (nSPS) is 23.7. The highest BCUT2D eigenvalue weighted by molar-refractivity contribution is 5.73. The maximum absolute atomic E-state index is 12.0. The first-order valence-corrected chi connectivity index (χ1v) is 11.2. The molecule has 2 unspecified atom stereocenters. The van der Waals surface area contributed by atoms with Crippen LogP contribution < -0.4 is 10.6 Å². The molecular weight excluding hydrogens is 364 g/mol. The van der Waals surface area contributed by atoms with E-state index >= 15 is 0 Å². The molecule has 29 heavy (non-hydrogen) atoms. The first kappa shape index (κ1) is 22.1. The van der Waals surface area contributed by atoms with Crippen molar-refractivity contribution in [3.63, 3.8) is 0 Å². The smallest absolute Gasteiger partial charge is 0.315 e. The minimum atomic E-state index is -0.0904.